The first-order chi connectivity index (χ1) is 9.18. The molecule has 2 aromatic heterocycles. The number of anilines is 1. The van der Waals surface area contributed by atoms with E-state index in [1.54, 1.807) is 0 Å². The van der Waals surface area contributed by atoms with Crippen molar-refractivity contribution >= 4 is 22.8 Å². The van der Waals surface area contributed by atoms with Gasteiger partial charge in [0.25, 0.3) is 0 Å². The van der Waals surface area contributed by atoms with E-state index in [0.29, 0.717) is 6.54 Å². The minimum Gasteiger partial charge on any atom is -0.353 e. The van der Waals surface area contributed by atoms with Crippen molar-refractivity contribution in [3.8, 4) is 0 Å². The topological polar surface area (TPSA) is 73.9 Å². The summed E-state index contributed by atoms with van der Waals surface area (Å²) in [6.45, 7) is 5.53. The van der Waals surface area contributed by atoms with Crippen molar-refractivity contribution in [3.63, 3.8) is 0 Å². The molecule has 19 heavy (non-hydrogen) atoms. The van der Waals surface area contributed by atoms with Crippen molar-refractivity contribution in [2.75, 3.05) is 18.0 Å². The van der Waals surface area contributed by atoms with E-state index in [9.17, 15) is 4.79 Å². The summed E-state index contributed by atoms with van der Waals surface area (Å²) in [5.41, 5.74) is 0.804. The predicted octanol–water partition coefficient (Wildman–Crippen LogP) is 0.919. The lowest BCUT2D eigenvalue weighted by atomic mass is 9.99. The van der Waals surface area contributed by atoms with Gasteiger partial charge in [0, 0.05) is 19.3 Å². The molecule has 0 saturated carbocycles. The number of rotatable bonds is 2. The van der Waals surface area contributed by atoms with Crippen molar-refractivity contribution in [3.05, 3.63) is 18.6 Å². The average Bonchev–Trinajstić information content (AvgIpc) is 2.85. The van der Waals surface area contributed by atoms with Gasteiger partial charge in [-0.1, -0.05) is 13.8 Å². The van der Waals surface area contributed by atoms with Crippen molar-refractivity contribution in [1.29, 1.82) is 0 Å². The van der Waals surface area contributed by atoms with E-state index in [-0.39, 0.29) is 17.9 Å². The molecule has 0 radical (unpaired) electrons. The number of fused-ring (bicyclic) bond motifs is 1. The summed E-state index contributed by atoms with van der Waals surface area (Å²) < 4.78 is 0. The first-order valence-corrected chi connectivity index (χ1v) is 6.51. The molecule has 6 nitrogen and oxygen atoms in total. The van der Waals surface area contributed by atoms with Crippen LogP contribution in [0.2, 0.25) is 0 Å². The van der Waals surface area contributed by atoms with E-state index in [1.807, 2.05) is 12.3 Å². The summed E-state index contributed by atoms with van der Waals surface area (Å²) in [6, 6.07) is 1.77. The molecule has 3 heterocycles. The number of carbonyl (C=O) groups excluding carboxylic acids is 1. The average molecular weight is 259 g/mol. The monoisotopic (exact) mass is 259 g/mol. The van der Waals surface area contributed by atoms with Gasteiger partial charge >= 0.3 is 0 Å². The summed E-state index contributed by atoms with van der Waals surface area (Å²) in [6.07, 6.45) is 3.38. The zero-order valence-corrected chi connectivity index (χ0v) is 11.1. The summed E-state index contributed by atoms with van der Waals surface area (Å²) in [5.74, 6) is 1.13. The van der Waals surface area contributed by atoms with Crippen molar-refractivity contribution in [2.45, 2.75) is 19.9 Å². The molecule has 2 aromatic rings. The second-order valence-electron chi connectivity index (χ2n) is 5.11. The number of amides is 1. The van der Waals surface area contributed by atoms with Gasteiger partial charge in [0.1, 0.15) is 23.8 Å². The molecule has 1 amide bonds. The van der Waals surface area contributed by atoms with Crippen LogP contribution in [0.25, 0.3) is 11.0 Å². The Morgan fingerprint density at radius 2 is 2.26 bits per heavy atom. The highest BCUT2D eigenvalue weighted by atomic mass is 16.2. The van der Waals surface area contributed by atoms with E-state index in [4.69, 9.17) is 0 Å². The van der Waals surface area contributed by atoms with Gasteiger partial charge in [-0.2, -0.15) is 0 Å². The second kappa shape index (κ2) is 4.53. The number of nitrogens with zero attached hydrogens (tertiary/aromatic N) is 3. The van der Waals surface area contributed by atoms with Gasteiger partial charge in [-0.05, 0) is 12.0 Å². The highest BCUT2D eigenvalue weighted by Gasteiger charge is 2.33. The lowest BCUT2D eigenvalue weighted by molar-refractivity contribution is -0.124. The van der Waals surface area contributed by atoms with Crippen LogP contribution >= 0.6 is 0 Å². The standard InChI is InChI=1S/C13H17N5O/c1-8(2)10-13(19)15-5-6-18(10)12-9-3-4-14-11(9)16-7-17-12/h3-4,7-8,10H,5-6H2,1-2H3,(H,15,19)(H,14,16,17)/t10-/m1/s1. The number of aromatic nitrogens is 3. The molecule has 3 rings (SSSR count). The zero-order chi connectivity index (χ0) is 13.4. The molecule has 6 heteroatoms. The Bertz CT molecular complexity index is 606. The third kappa shape index (κ3) is 1.93. The minimum absolute atomic E-state index is 0.0727. The fraction of sp³-hybridized carbons (Fsp3) is 0.462. The Kier molecular flexibility index (Phi) is 2.85. The Morgan fingerprint density at radius 3 is 3.05 bits per heavy atom. The highest BCUT2D eigenvalue weighted by molar-refractivity contribution is 5.92. The second-order valence-corrected chi connectivity index (χ2v) is 5.11. The van der Waals surface area contributed by atoms with Crippen LogP contribution in [0.1, 0.15) is 13.8 Å². The van der Waals surface area contributed by atoms with Gasteiger partial charge in [0.05, 0.1) is 5.39 Å². The first-order valence-electron chi connectivity index (χ1n) is 6.51. The quantitative estimate of drug-likeness (QED) is 0.841. The van der Waals surface area contributed by atoms with Crippen LogP contribution in [0.15, 0.2) is 18.6 Å². The molecule has 1 aliphatic rings. The smallest absolute Gasteiger partial charge is 0.243 e. The van der Waals surface area contributed by atoms with Crippen molar-refractivity contribution in [1.82, 2.24) is 20.3 Å². The van der Waals surface area contributed by atoms with Crippen molar-refractivity contribution in [2.24, 2.45) is 5.92 Å². The van der Waals surface area contributed by atoms with Crippen molar-refractivity contribution < 1.29 is 4.79 Å². The normalized spacial score (nSPS) is 20.1. The van der Waals surface area contributed by atoms with Gasteiger partial charge in [-0.25, -0.2) is 9.97 Å². The van der Waals surface area contributed by atoms with Crippen LogP contribution in [-0.2, 0) is 4.79 Å². The maximum absolute atomic E-state index is 12.1. The maximum atomic E-state index is 12.1. The Balaban J connectivity index is 2.08. The minimum atomic E-state index is -0.179. The number of hydrogen-bond donors (Lipinski definition) is 2. The van der Waals surface area contributed by atoms with Gasteiger partial charge in [0.15, 0.2) is 0 Å². The number of nitrogens with one attached hydrogen (secondary N) is 2. The van der Waals surface area contributed by atoms with Crippen LogP contribution in [0, 0.1) is 5.92 Å². The lowest BCUT2D eigenvalue weighted by Crippen LogP contribution is -2.57. The van der Waals surface area contributed by atoms with Gasteiger partial charge in [0.2, 0.25) is 5.91 Å². The number of H-pyrrole nitrogens is 1. The van der Waals surface area contributed by atoms with E-state index in [1.165, 1.54) is 6.33 Å². The molecule has 2 N–H and O–H groups in total. The van der Waals surface area contributed by atoms with Gasteiger partial charge < -0.3 is 15.2 Å². The third-order valence-electron chi connectivity index (χ3n) is 3.49. The predicted molar refractivity (Wildman–Crippen MR) is 72.9 cm³/mol. The Labute approximate surface area is 111 Å². The summed E-state index contributed by atoms with van der Waals surface area (Å²) >= 11 is 0. The van der Waals surface area contributed by atoms with E-state index >= 15 is 0 Å². The van der Waals surface area contributed by atoms with E-state index in [2.05, 4.69) is 39.0 Å². The molecular formula is C13H17N5O. The largest absolute Gasteiger partial charge is 0.353 e. The number of hydrogen-bond acceptors (Lipinski definition) is 4. The summed E-state index contributed by atoms with van der Waals surface area (Å²) in [7, 11) is 0. The van der Waals surface area contributed by atoms with Crippen LogP contribution in [0.4, 0.5) is 5.82 Å². The molecular weight excluding hydrogens is 242 g/mol. The molecule has 0 aromatic carbocycles. The molecule has 0 aliphatic carbocycles. The molecule has 1 atom stereocenters. The van der Waals surface area contributed by atoms with E-state index < -0.39 is 0 Å². The molecule has 1 aliphatic heterocycles. The number of piperazine rings is 1. The van der Waals surface area contributed by atoms with Crippen LogP contribution < -0.4 is 10.2 Å². The molecule has 0 spiro atoms. The van der Waals surface area contributed by atoms with Crippen LogP contribution in [-0.4, -0.2) is 40.0 Å². The first kappa shape index (κ1) is 12.0. The Hall–Kier alpha value is -2.11. The Morgan fingerprint density at radius 1 is 1.42 bits per heavy atom. The zero-order valence-electron chi connectivity index (χ0n) is 11.1. The third-order valence-corrected chi connectivity index (χ3v) is 3.49. The SMILES string of the molecule is CC(C)[C@@H]1C(=O)NCCN1c1ncnc2[nH]ccc12. The molecule has 1 saturated heterocycles. The molecule has 0 unspecified atom stereocenters. The fourth-order valence-electron chi connectivity index (χ4n) is 2.67. The highest BCUT2D eigenvalue weighted by Crippen LogP contribution is 2.27. The maximum Gasteiger partial charge on any atom is 0.243 e. The molecule has 0 bridgehead atoms. The molecule has 1 fully saturated rings. The summed E-state index contributed by atoms with van der Waals surface area (Å²) in [4.78, 5) is 25.8. The van der Waals surface area contributed by atoms with Crippen LogP contribution in [0.3, 0.4) is 0 Å². The summed E-state index contributed by atoms with van der Waals surface area (Å²) in [5, 5.41) is 3.88. The fourth-order valence-corrected chi connectivity index (χ4v) is 2.67. The van der Waals surface area contributed by atoms with Gasteiger partial charge in [-0.3, -0.25) is 4.79 Å². The van der Waals surface area contributed by atoms with Gasteiger partial charge in [-0.15, -0.1) is 0 Å². The lowest BCUT2D eigenvalue weighted by Gasteiger charge is -2.38. The van der Waals surface area contributed by atoms with E-state index in [0.717, 1.165) is 23.4 Å². The van der Waals surface area contributed by atoms with Crippen LogP contribution in [0.5, 0.6) is 0 Å². The number of aromatic amines is 1. The number of carbonyl (C=O) groups is 1. The molecule has 100 valence electrons.